The van der Waals surface area contributed by atoms with Crippen molar-refractivity contribution in [2.24, 2.45) is 0 Å². The summed E-state index contributed by atoms with van der Waals surface area (Å²) >= 11 is 0. The maximum Gasteiger partial charge on any atom is 0.180 e. The molecule has 0 saturated carbocycles. The quantitative estimate of drug-likeness (QED) is 0.317. The number of nitrogen functional groups attached to an aromatic ring is 1. The van der Waals surface area contributed by atoms with E-state index in [1.165, 1.54) is 5.56 Å². The van der Waals surface area contributed by atoms with Gasteiger partial charge in [0.1, 0.15) is 5.82 Å². The van der Waals surface area contributed by atoms with Gasteiger partial charge in [-0.15, -0.1) is 5.10 Å². The Labute approximate surface area is 204 Å². The standard InChI is InChI=1S/C27H28N8/c1-3-6-25-29-27(18(2)20-13-15-22(28)16-14-20)35(32-25)17-19-9-11-21(12-10-19)23-7-4-5-8-24(23)26-30-33-34-31-26/h4-5,7-16,18H,3,6,17,28H2,1-2H3,(H,30,31,33,34). The van der Waals surface area contributed by atoms with Gasteiger partial charge in [0, 0.05) is 23.6 Å². The minimum absolute atomic E-state index is 0.107. The molecule has 0 aliphatic heterocycles. The zero-order valence-electron chi connectivity index (χ0n) is 19.9. The van der Waals surface area contributed by atoms with E-state index >= 15 is 0 Å². The fourth-order valence-corrected chi connectivity index (χ4v) is 4.28. The number of anilines is 1. The summed E-state index contributed by atoms with van der Waals surface area (Å²) in [7, 11) is 0. The molecule has 0 bridgehead atoms. The van der Waals surface area contributed by atoms with Crippen molar-refractivity contribution < 1.29 is 0 Å². The monoisotopic (exact) mass is 464 g/mol. The Kier molecular flexibility index (Phi) is 6.34. The molecule has 5 rings (SSSR count). The summed E-state index contributed by atoms with van der Waals surface area (Å²) in [5.74, 6) is 2.61. The van der Waals surface area contributed by atoms with Crippen LogP contribution in [-0.2, 0) is 13.0 Å². The van der Waals surface area contributed by atoms with E-state index in [1.54, 1.807) is 0 Å². The molecule has 8 heteroatoms. The van der Waals surface area contributed by atoms with Crippen LogP contribution < -0.4 is 5.73 Å². The molecule has 0 fully saturated rings. The first kappa shape index (κ1) is 22.5. The average Bonchev–Trinajstić information content (AvgIpc) is 3.55. The van der Waals surface area contributed by atoms with Crippen LogP contribution in [0.4, 0.5) is 5.69 Å². The molecule has 5 aromatic rings. The highest BCUT2D eigenvalue weighted by Gasteiger charge is 2.18. The second-order valence-electron chi connectivity index (χ2n) is 8.67. The average molecular weight is 465 g/mol. The number of nitrogens with two attached hydrogens (primary N) is 1. The van der Waals surface area contributed by atoms with Gasteiger partial charge in [0.15, 0.2) is 11.6 Å². The van der Waals surface area contributed by atoms with Crippen molar-refractivity contribution in [2.75, 3.05) is 5.73 Å². The lowest BCUT2D eigenvalue weighted by Crippen LogP contribution is -2.11. The third kappa shape index (κ3) is 4.82. The minimum Gasteiger partial charge on any atom is -0.399 e. The Hall–Kier alpha value is -4.33. The molecule has 0 radical (unpaired) electrons. The molecule has 35 heavy (non-hydrogen) atoms. The van der Waals surface area contributed by atoms with E-state index in [-0.39, 0.29) is 5.92 Å². The summed E-state index contributed by atoms with van der Waals surface area (Å²) in [5.41, 5.74) is 12.1. The maximum atomic E-state index is 5.89. The Morgan fingerprint density at radius 3 is 2.37 bits per heavy atom. The molecule has 8 nitrogen and oxygen atoms in total. The van der Waals surface area contributed by atoms with Crippen LogP contribution in [0.1, 0.15) is 49.0 Å². The van der Waals surface area contributed by atoms with Crippen molar-refractivity contribution in [1.82, 2.24) is 35.4 Å². The van der Waals surface area contributed by atoms with Crippen LogP contribution >= 0.6 is 0 Å². The number of aromatic amines is 1. The summed E-state index contributed by atoms with van der Waals surface area (Å²) in [6.45, 7) is 4.97. The van der Waals surface area contributed by atoms with Gasteiger partial charge in [-0.2, -0.15) is 5.10 Å². The van der Waals surface area contributed by atoms with Gasteiger partial charge in [-0.3, -0.25) is 0 Å². The summed E-state index contributed by atoms with van der Waals surface area (Å²) in [5, 5.41) is 19.2. The van der Waals surface area contributed by atoms with E-state index in [2.05, 4.69) is 76.9 Å². The molecule has 2 heterocycles. The van der Waals surface area contributed by atoms with E-state index in [1.807, 2.05) is 35.0 Å². The highest BCUT2D eigenvalue weighted by Crippen LogP contribution is 2.30. The number of benzene rings is 3. The zero-order valence-corrected chi connectivity index (χ0v) is 19.9. The molecule has 3 N–H and O–H groups in total. The fourth-order valence-electron chi connectivity index (χ4n) is 4.28. The molecule has 1 atom stereocenters. The summed E-state index contributed by atoms with van der Waals surface area (Å²) in [6, 6.07) is 24.6. The normalized spacial score (nSPS) is 12.1. The van der Waals surface area contributed by atoms with Crippen LogP contribution in [-0.4, -0.2) is 35.4 Å². The predicted octanol–water partition coefficient (Wildman–Crippen LogP) is 4.86. The first-order valence-corrected chi connectivity index (χ1v) is 11.8. The number of nitrogens with one attached hydrogen (secondary N) is 1. The molecule has 3 aromatic carbocycles. The first-order chi connectivity index (χ1) is 17.1. The van der Waals surface area contributed by atoms with Crippen LogP contribution in [0.15, 0.2) is 72.8 Å². The number of nitrogens with zero attached hydrogens (tertiary/aromatic N) is 6. The maximum absolute atomic E-state index is 5.89. The largest absolute Gasteiger partial charge is 0.399 e. The minimum atomic E-state index is 0.107. The molecule has 1 unspecified atom stereocenters. The summed E-state index contributed by atoms with van der Waals surface area (Å²) < 4.78 is 2.04. The molecule has 0 aliphatic rings. The highest BCUT2D eigenvalue weighted by atomic mass is 15.5. The molecule has 176 valence electrons. The Morgan fingerprint density at radius 1 is 0.943 bits per heavy atom. The first-order valence-electron chi connectivity index (χ1n) is 11.8. The number of hydrogen-bond acceptors (Lipinski definition) is 6. The molecule has 0 spiro atoms. The van der Waals surface area contributed by atoms with E-state index in [0.29, 0.717) is 12.4 Å². The number of H-pyrrole nitrogens is 1. The van der Waals surface area contributed by atoms with Gasteiger partial charge in [0.25, 0.3) is 0 Å². The Morgan fingerprint density at radius 2 is 1.69 bits per heavy atom. The predicted molar refractivity (Wildman–Crippen MR) is 137 cm³/mol. The number of rotatable bonds is 8. The number of tetrazole rings is 1. The second kappa shape index (κ2) is 9.89. The summed E-state index contributed by atoms with van der Waals surface area (Å²) in [4.78, 5) is 4.90. The van der Waals surface area contributed by atoms with Crippen LogP contribution in [0.5, 0.6) is 0 Å². The van der Waals surface area contributed by atoms with Crippen molar-refractivity contribution >= 4 is 5.69 Å². The van der Waals surface area contributed by atoms with Crippen LogP contribution in [0.25, 0.3) is 22.5 Å². The van der Waals surface area contributed by atoms with E-state index < -0.39 is 0 Å². The van der Waals surface area contributed by atoms with E-state index in [4.69, 9.17) is 15.8 Å². The number of hydrogen-bond donors (Lipinski definition) is 2. The van der Waals surface area contributed by atoms with Gasteiger partial charge < -0.3 is 5.73 Å². The van der Waals surface area contributed by atoms with E-state index in [0.717, 1.165) is 52.4 Å². The van der Waals surface area contributed by atoms with Crippen molar-refractivity contribution in [3.8, 4) is 22.5 Å². The van der Waals surface area contributed by atoms with Crippen molar-refractivity contribution in [3.05, 3.63) is 95.6 Å². The second-order valence-corrected chi connectivity index (χ2v) is 8.67. The third-order valence-corrected chi connectivity index (χ3v) is 6.17. The molecule has 2 aromatic heterocycles. The molecule has 0 amide bonds. The third-order valence-electron chi connectivity index (χ3n) is 6.17. The van der Waals surface area contributed by atoms with Gasteiger partial charge in [-0.25, -0.2) is 14.8 Å². The van der Waals surface area contributed by atoms with Crippen LogP contribution in [0.3, 0.4) is 0 Å². The van der Waals surface area contributed by atoms with Crippen LogP contribution in [0.2, 0.25) is 0 Å². The topological polar surface area (TPSA) is 111 Å². The smallest absolute Gasteiger partial charge is 0.180 e. The Balaban J connectivity index is 1.43. The molecular weight excluding hydrogens is 436 g/mol. The lowest BCUT2D eigenvalue weighted by Gasteiger charge is -2.14. The van der Waals surface area contributed by atoms with Gasteiger partial charge in [-0.1, -0.05) is 74.5 Å². The zero-order chi connectivity index (χ0) is 24.2. The SMILES string of the molecule is CCCc1nc(C(C)c2ccc(N)cc2)n(Cc2ccc(-c3ccccc3-c3nnn[nH]3)cc2)n1. The summed E-state index contributed by atoms with van der Waals surface area (Å²) in [6.07, 6.45) is 1.87. The molecule has 0 saturated heterocycles. The van der Waals surface area contributed by atoms with Gasteiger partial charge in [-0.05, 0) is 51.2 Å². The van der Waals surface area contributed by atoms with Gasteiger partial charge in [0.2, 0.25) is 0 Å². The van der Waals surface area contributed by atoms with E-state index in [9.17, 15) is 0 Å². The fraction of sp³-hybridized carbons (Fsp3) is 0.222. The van der Waals surface area contributed by atoms with Gasteiger partial charge in [0.05, 0.1) is 6.54 Å². The highest BCUT2D eigenvalue weighted by molar-refractivity contribution is 5.80. The number of aromatic nitrogens is 7. The van der Waals surface area contributed by atoms with Gasteiger partial charge >= 0.3 is 0 Å². The van der Waals surface area contributed by atoms with Crippen molar-refractivity contribution in [1.29, 1.82) is 0 Å². The lowest BCUT2D eigenvalue weighted by molar-refractivity contribution is 0.614. The molecular formula is C27H28N8. The Bertz CT molecular complexity index is 1390. The van der Waals surface area contributed by atoms with Crippen molar-refractivity contribution in [3.63, 3.8) is 0 Å². The van der Waals surface area contributed by atoms with Crippen LogP contribution in [0, 0.1) is 0 Å². The molecule has 0 aliphatic carbocycles. The lowest BCUT2D eigenvalue weighted by atomic mass is 9.98. The number of aryl methyl sites for hydroxylation is 1. The van der Waals surface area contributed by atoms with Crippen molar-refractivity contribution in [2.45, 2.75) is 39.2 Å².